The minimum Gasteiger partial charge on any atom is -0.395 e. The minimum absolute atomic E-state index is 0.152. The summed E-state index contributed by atoms with van der Waals surface area (Å²) < 4.78 is 1.09. The van der Waals surface area contributed by atoms with Crippen molar-refractivity contribution in [3.8, 4) is 0 Å². The van der Waals surface area contributed by atoms with Crippen LogP contribution in [0.2, 0.25) is 0 Å². The molecule has 0 bridgehead atoms. The van der Waals surface area contributed by atoms with E-state index in [1.807, 2.05) is 19.1 Å². The maximum atomic E-state index is 8.80. The number of aliphatic hydroxyl groups excluding tert-OH is 1. The smallest absolute Gasteiger partial charge is 0.0582 e. The molecular weight excluding hydrogens is 230 g/mol. The molecule has 0 radical (unpaired) electrons. The first-order chi connectivity index (χ1) is 6.22. The SMILES string of the molecule is CC(CO)NCc1cccc(Br)c1. The molecule has 1 aromatic carbocycles. The van der Waals surface area contributed by atoms with Gasteiger partial charge < -0.3 is 10.4 Å². The maximum Gasteiger partial charge on any atom is 0.0582 e. The van der Waals surface area contributed by atoms with Gasteiger partial charge in [-0.15, -0.1) is 0 Å². The molecule has 0 saturated heterocycles. The monoisotopic (exact) mass is 243 g/mol. The summed E-state index contributed by atoms with van der Waals surface area (Å²) in [4.78, 5) is 0. The van der Waals surface area contributed by atoms with Gasteiger partial charge in [-0.05, 0) is 24.6 Å². The molecule has 1 unspecified atom stereocenters. The Labute approximate surface area is 87.1 Å². The van der Waals surface area contributed by atoms with E-state index < -0.39 is 0 Å². The highest BCUT2D eigenvalue weighted by Gasteiger charge is 1.98. The van der Waals surface area contributed by atoms with Crippen molar-refractivity contribution in [3.05, 3.63) is 34.3 Å². The van der Waals surface area contributed by atoms with Crippen molar-refractivity contribution in [2.45, 2.75) is 19.5 Å². The van der Waals surface area contributed by atoms with Gasteiger partial charge in [-0.1, -0.05) is 28.1 Å². The minimum atomic E-state index is 0.152. The molecule has 0 aliphatic rings. The van der Waals surface area contributed by atoms with Crippen molar-refractivity contribution >= 4 is 15.9 Å². The number of rotatable bonds is 4. The third-order valence-electron chi connectivity index (χ3n) is 1.82. The predicted octanol–water partition coefficient (Wildman–Crippen LogP) is 1.92. The molecule has 1 rings (SSSR count). The lowest BCUT2D eigenvalue weighted by atomic mass is 10.2. The van der Waals surface area contributed by atoms with Gasteiger partial charge in [0.15, 0.2) is 0 Å². The van der Waals surface area contributed by atoms with Crippen LogP contribution in [0.15, 0.2) is 28.7 Å². The van der Waals surface area contributed by atoms with E-state index in [0.29, 0.717) is 0 Å². The summed E-state index contributed by atoms with van der Waals surface area (Å²) in [6.07, 6.45) is 0. The molecule has 1 atom stereocenters. The van der Waals surface area contributed by atoms with Crippen molar-refractivity contribution in [3.63, 3.8) is 0 Å². The third kappa shape index (κ3) is 3.89. The Hall–Kier alpha value is -0.380. The molecule has 0 saturated carbocycles. The Balaban J connectivity index is 2.45. The fraction of sp³-hybridized carbons (Fsp3) is 0.400. The number of halogens is 1. The van der Waals surface area contributed by atoms with Crippen molar-refractivity contribution < 1.29 is 5.11 Å². The molecule has 0 heterocycles. The number of nitrogens with one attached hydrogen (secondary N) is 1. The number of aliphatic hydroxyl groups is 1. The zero-order valence-corrected chi connectivity index (χ0v) is 9.21. The predicted molar refractivity (Wildman–Crippen MR) is 57.5 cm³/mol. The Kier molecular flexibility index (Phi) is 4.42. The van der Waals surface area contributed by atoms with Crippen LogP contribution in [-0.4, -0.2) is 17.8 Å². The maximum absolute atomic E-state index is 8.80. The van der Waals surface area contributed by atoms with Crippen LogP contribution in [0.5, 0.6) is 0 Å². The van der Waals surface area contributed by atoms with Crippen molar-refractivity contribution in [1.29, 1.82) is 0 Å². The Morgan fingerprint density at radius 1 is 1.54 bits per heavy atom. The molecule has 0 aliphatic heterocycles. The van der Waals surface area contributed by atoms with Crippen LogP contribution in [0.25, 0.3) is 0 Å². The van der Waals surface area contributed by atoms with E-state index in [1.54, 1.807) is 0 Å². The van der Waals surface area contributed by atoms with E-state index >= 15 is 0 Å². The van der Waals surface area contributed by atoms with Crippen molar-refractivity contribution in [2.75, 3.05) is 6.61 Å². The van der Waals surface area contributed by atoms with Gasteiger partial charge in [0.2, 0.25) is 0 Å². The summed E-state index contributed by atoms with van der Waals surface area (Å²) in [6.45, 7) is 2.92. The van der Waals surface area contributed by atoms with E-state index in [4.69, 9.17) is 5.11 Å². The largest absolute Gasteiger partial charge is 0.395 e. The van der Waals surface area contributed by atoms with E-state index in [9.17, 15) is 0 Å². The van der Waals surface area contributed by atoms with Crippen LogP contribution < -0.4 is 5.32 Å². The highest BCUT2D eigenvalue weighted by atomic mass is 79.9. The van der Waals surface area contributed by atoms with E-state index in [-0.39, 0.29) is 12.6 Å². The van der Waals surface area contributed by atoms with E-state index in [0.717, 1.165) is 11.0 Å². The molecule has 3 heteroatoms. The Morgan fingerprint density at radius 2 is 2.31 bits per heavy atom. The summed E-state index contributed by atoms with van der Waals surface area (Å²) in [7, 11) is 0. The second-order valence-electron chi connectivity index (χ2n) is 3.09. The lowest BCUT2D eigenvalue weighted by Crippen LogP contribution is -2.28. The van der Waals surface area contributed by atoms with Crippen LogP contribution in [0.4, 0.5) is 0 Å². The number of hydrogen-bond acceptors (Lipinski definition) is 2. The summed E-state index contributed by atoms with van der Waals surface area (Å²) in [5.74, 6) is 0. The van der Waals surface area contributed by atoms with Gasteiger partial charge >= 0.3 is 0 Å². The molecule has 2 N–H and O–H groups in total. The summed E-state index contributed by atoms with van der Waals surface area (Å²) in [5.41, 5.74) is 1.22. The topological polar surface area (TPSA) is 32.3 Å². The zero-order valence-electron chi connectivity index (χ0n) is 7.63. The van der Waals surface area contributed by atoms with E-state index in [2.05, 4.69) is 33.4 Å². The van der Waals surface area contributed by atoms with Gasteiger partial charge in [0.1, 0.15) is 0 Å². The summed E-state index contributed by atoms with van der Waals surface area (Å²) in [5, 5.41) is 12.0. The van der Waals surface area contributed by atoms with Crippen LogP contribution >= 0.6 is 15.9 Å². The molecule has 0 aromatic heterocycles. The summed E-state index contributed by atoms with van der Waals surface area (Å²) in [6, 6.07) is 8.28. The number of benzene rings is 1. The standard InChI is InChI=1S/C10H14BrNO/c1-8(7-13)12-6-9-3-2-4-10(11)5-9/h2-5,8,12-13H,6-7H2,1H3. The van der Waals surface area contributed by atoms with Crippen LogP contribution in [0, 0.1) is 0 Å². The Bertz CT molecular complexity index is 265. The molecule has 0 spiro atoms. The summed E-state index contributed by atoms with van der Waals surface area (Å²) >= 11 is 3.41. The zero-order chi connectivity index (χ0) is 9.68. The molecule has 2 nitrogen and oxygen atoms in total. The van der Waals surface area contributed by atoms with Crippen LogP contribution in [-0.2, 0) is 6.54 Å². The molecular formula is C10H14BrNO. The quantitative estimate of drug-likeness (QED) is 0.848. The average molecular weight is 244 g/mol. The van der Waals surface area contributed by atoms with Gasteiger partial charge in [-0.3, -0.25) is 0 Å². The van der Waals surface area contributed by atoms with Gasteiger partial charge in [0, 0.05) is 17.1 Å². The highest BCUT2D eigenvalue weighted by molar-refractivity contribution is 9.10. The first-order valence-corrected chi connectivity index (χ1v) is 5.10. The lowest BCUT2D eigenvalue weighted by molar-refractivity contribution is 0.251. The number of hydrogen-bond donors (Lipinski definition) is 2. The molecule has 72 valence electrons. The van der Waals surface area contributed by atoms with Crippen LogP contribution in [0.3, 0.4) is 0 Å². The lowest BCUT2D eigenvalue weighted by Gasteiger charge is -2.10. The highest BCUT2D eigenvalue weighted by Crippen LogP contribution is 2.11. The molecule has 0 aliphatic carbocycles. The fourth-order valence-electron chi connectivity index (χ4n) is 1.00. The van der Waals surface area contributed by atoms with Crippen LogP contribution in [0.1, 0.15) is 12.5 Å². The fourth-order valence-corrected chi connectivity index (χ4v) is 1.45. The van der Waals surface area contributed by atoms with Crippen molar-refractivity contribution in [2.24, 2.45) is 0 Å². The third-order valence-corrected chi connectivity index (χ3v) is 2.31. The second-order valence-corrected chi connectivity index (χ2v) is 4.01. The van der Waals surface area contributed by atoms with Gasteiger partial charge in [-0.2, -0.15) is 0 Å². The van der Waals surface area contributed by atoms with Gasteiger partial charge in [0.05, 0.1) is 6.61 Å². The normalized spacial score (nSPS) is 12.8. The van der Waals surface area contributed by atoms with Crippen molar-refractivity contribution in [1.82, 2.24) is 5.32 Å². The molecule has 0 fully saturated rings. The second kappa shape index (κ2) is 5.37. The molecule has 1 aromatic rings. The first kappa shape index (κ1) is 10.7. The average Bonchev–Trinajstić information content (AvgIpc) is 2.14. The Morgan fingerprint density at radius 3 is 2.92 bits per heavy atom. The van der Waals surface area contributed by atoms with Gasteiger partial charge in [-0.25, -0.2) is 0 Å². The first-order valence-electron chi connectivity index (χ1n) is 4.31. The van der Waals surface area contributed by atoms with Gasteiger partial charge in [0.25, 0.3) is 0 Å². The molecule has 13 heavy (non-hydrogen) atoms. The molecule has 0 amide bonds. The van der Waals surface area contributed by atoms with E-state index in [1.165, 1.54) is 5.56 Å².